The van der Waals surface area contributed by atoms with Crippen molar-refractivity contribution in [2.24, 2.45) is 11.8 Å². The predicted molar refractivity (Wildman–Crippen MR) is 86.8 cm³/mol. The summed E-state index contributed by atoms with van der Waals surface area (Å²) in [4.78, 5) is 0. The maximum absolute atomic E-state index is 9.45. The van der Waals surface area contributed by atoms with Crippen LogP contribution in [0.5, 0.6) is 0 Å². The fourth-order valence-electron chi connectivity index (χ4n) is 1.57. The molecule has 0 radical (unpaired) electrons. The van der Waals surface area contributed by atoms with E-state index in [1.54, 1.807) is 19.3 Å². The molecule has 0 saturated heterocycles. The van der Waals surface area contributed by atoms with Gasteiger partial charge in [0.15, 0.2) is 0 Å². The Balaban J connectivity index is 0.000000361. The summed E-state index contributed by atoms with van der Waals surface area (Å²) in [6.07, 6.45) is 9.42. The molecule has 1 aromatic rings. The molecule has 1 rings (SSSR count). The summed E-state index contributed by atoms with van der Waals surface area (Å²) in [6, 6.07) is 2.03. The highest BCUT2D eigenvalue weighted by Crippen LogP contribution is 2.16. The molecule has 1 N–H and O–H groups in total. The highest BCUT2D eigenvalue weighted by molar-refractivity contribution is 5.04. The molecule has 116 valence electrons. The van der Waals surface area contributed by atoms with Gasteiger partial charge in [0, 0.05) is 0 Å². The van der Waals surface area contributed by atoms with E-state index < -0.39 is 5.60 Å². The number of rotatable bonds is 7. The molecule has 0 fully saturated rings. The Hall–Kier alpha value is -1.02. The number of furan rings is 1. The second-order valence-electron chi connectivity index (χ2n) is 6.56. The molecule has 0 aliphatic heterocycles. The summed E-state index contributed by atoms with van der Waals surface area (Å²) in [5.41, 5.74) is 0.651. The molecule has 0 bridgehead atoms. The van der Waals surface area contributed by atoms with Gasteiger partial charge in [-0.25, -0.2) is 0 Å². The van der Waals surface area contributed by atoms with Crippen LogP contribution in [0.4, 0.5) is 0 Å². The van der Waals surface area contributed by atoms with Crippen molar-refractivity contribution in [3.05, 3.63) is 36.8 Å². The topological polar surface area (TPSA) is 33.4 Å². The molecule has 20 heavy (non-hydrogen) atoms. The third kappa shape index (κ3) is 10.9. The van der Waals surface area contributed by atoms with E-state index in [9.17, 15) is 5.11 Å². The molecular weight excluding hydrogens is 248 g/mol. The van der Waals surface area contributed by atoms with Crippen molar-refractivity contribution >= 4 is 0 Å². The molecule has 0 saturated carbocycles. The van der Waals surface area contributed by atoms with E-state index in [-0.39, 0.29) is 0 Å². The molecule has 1 heterocycles. The Labute approximate surface area is 124 Å². The van der Waals surface area contributed by atoms with E-state index >= 15 is 0 Å². The SMILES string of the molecule is C=CC(C)(O)CCC(C)C.CC(C)CCc1ccoc1. The zero-order valence-electron chi connectivity index (χ0n) is 13.9. The Kier molecular flexibility index (Phi) is 9.32. The summed E-state index contributed by atoms with van der Waals surface area (Å²) in [5.74, 6) is 1.45. The smallest absolute Gasteiger partial charge is 0.0934 e. The van der Waals surface area contributed by atoms with E-state index in [0.717, 1.165) is 25.2 Å². The third-order valence-corrected chi connectivity index (χ3v) is 3.26. The van der Waals surface area contributed by atoms with Gasteiger partial charge >= 0.3 is 0 Å². The molecule has 2 nitrogen and oxygen atoms in total. The lowest BCUT2D eigenvalue weighted by Gasteiger charge is -2.18. The number of hydrogen-bond acceptors (Lipinski definition) is 2. The fourth-order valence-corrected chi connectivity index (χ4v) is 1.57. The van der Waals surface area contributed by atoms with Gasteiger partial charge in [-0.1, -0.05) is 33.8 Å². The van der Waals surface area contributed by atoms with Gasteiger partial charge in [-0.3, -0.25) is 0 Å². The zero-order valence-corrected chi connectivity index (χ0v) is 13.9. The Morgan fingerprint density at radius 3 is 2.25 bits per heavy atom. The van der Waals surface area contributed by atoms with Crippen molar-refractivity contribution < 1.29 is 9.52 Å². The number of aliphatic hydroxyl groups is 1. The van der Waals surface area contributed by atoms with E-state index in [4.69, 9.17) is 4.42 Å². The largest absolute Gasteiger partial charge is 0.472 e. The molecular formula is C18H32O2. The van der Waals surface area contributed by atoms with Gasteiger partial charge in [-0.15, -0.1) is 6.58 Å². The van der Waals surface area contributed by atoms with Crippen LogP contribution < -0.4 is 0 Å². The maximum atomic E-state index is 9.45. The molecule has 0 amide bonds. The van der Waals surface area contributed by atoms with Crippen molar-refractivity contribution in [3.8, 4) is 0 Å². The highest BCUT2D eigenvalue weighted by Gasteiger charge is 2.14. The van der Waals surface area contributed by atoms with E-state index in [0.29, 0.717) is 5.92 Å². The average molecular weight is 280 g/mol. The Bertz CT molecular complexity index is 334. The van der Waals surface area contributed by atoms with Crippen LogP contribution in [-0.4, -0.2) is 10.7 Å². The van der Waals surface area contributed by atoms with Crippen LogP contribution in [0, 0.1) is 11.8 Å². The summed E-state index contributed by atoms with van der Waals surface area (Å²) in [6.45, 7) is 14.1. The van der Waals surface area contributed by atoms with Gasteiger partial charge in [-0.05, 0) is 56.1 Å². The van der Waals surface area contributed by atoms with Crippen molar-refractivity contribution in [3.63, 3.8) is 0 Å². The lowest BCUT2D eigenvalue weighted by Crippen LogP contribution is -2.20. The first-order chi connectivity index (χ1) is 9.26. The number of aryl methyl sites for hydroxylation is 1. The average Bonchev–Trinajstić information content (AvgIpc) is 2.88. The van der Waals surface area contributed by atoms with Crippen LogP contribution in [0.15, 0.2) is 35.7 Å². The predicted octanol–water partition coefficient (Wildman–Crippen LogP) is 5.23. The normalized spacial score (nSPS) is 13.8. The summed E-state index contributed by atoms with van der Waals surface area (Å²) >= 11 is 0. The minimum Gasteiger partial charge on any atom is -0.472 e. The molecule has 1 aromatic heterocycles. The highest BCUT2D eigenvalue weighted by atomic mass is 16.3. The molecule has 2 heteroatoms. The van der Waals surface area contributed by atoms with Crippen molar-refractivity contribution in [1.82, 2.24) is 0 Å². The monoisotopic (exact) mass is 280 g/mol. The first kappa shape index (κ1) is 19.0. The molecule has 1 atom stereocenters. The zero-order chi connectivity index (χ0) is 15.6. The van der Waals surface area contributed by atoms with Crippen LogP contribution >= 0.6 is 0 Å². The second-order valence-corrected chi connectivity index (χ2v) is 6.56. The van der Waals surface area contributed by atoms with Gasteiger partial charge in [0.2, 0.25) is 0 Å². The number of hydrogen-bond donors (Lipinski definition) is 1. The van der Waals surface area contributed by atoms with Gasteiger partial charge < -0.3 is 9.52 Å². The van der Waals surface area contributed by atoms with Crippen molar-refractivity contribution in [2.45, 2.75) is 65.9 Å². The summed E-state index contributed by atoms with van der Waals surface area (Å²) in [7, 11) is 0. The lowest BCUT2D eigenvalue weighted by molar-refractivity contribution is 0.0955. The standard InChI is InChI=1S/C9H14O.C9H18O/c1-8(2)3-4-9-5-6-10-7-9;1-5-9(4,10)7-6-8(2)3/h5-8H,3-4H2,1-2H3;5,8,10H,1,6-7H2,2-4H3. The molecule has 0 aliphatic carbocycles. The summed E-state index contributed by atoms with van der Waals surface area (Å²) in [5, 5.41) is 9.45. The quantitative estimate of drug-likeness (QED) is 0.694. The van der Waals surface area contributed by atoms with Crippen LogP contribution in [0.1, 0.15) is 59.4 Å². The minimum atomic E-state index is -0.662. The van der Waals surface area contributed by atoms with Gasteiger partial charge in [-0.2, -0.15) is 0 Å². The van der Waals surface area contributed by atoms with Gasteiger partial charge in [0.25, 0.3) is 0 Å². The second kappa shape index (κ2) is 9.82. The van der Waals surface area contributed by atoms with E-state index in [1.807, 2.05) is 12.3 Å². The van der Waals surface area contributed by atoms with Crippen molar-refractivity contribution in [1.29, 1.82) is 0 Å². The molecule has 0 aromatic carbocycles. The first-order valence-corrected chi connectivity index (χ1v) is 7.64. The van der Waals surface area contributed by atoms with E-state index in [1.165, 1.54) is 12.0 Å². The van der Waals surface area contributed by atoms with Crippen LogP contribution in [-0.2, 0) is 6.42 Å². The van der Waals surface area contributed by atoms with Crippen molar-refractivity contribution in [2.75, 3.05) is 0 Å². The van der Waals surface area contributed by atoms with Crippen LogP contribution in [0.2, 0.25) is 0 Å². The Morgan fingerprint density at radius 1 is 1.25 bits per heavy atom. The Morgan fingerprint density at radius 2 is 1.85 bits per heavy atom. The van der Waals surface area contributed by atoms with Crippen LogP contribution in [0.3, 0.4) is 0 Å². The van der Waals surface area contributed by atoms with E-state index in [2.05, 4.69) is 34.3 Å². The first-order valence-electron chi connectivity index (χ1n) is 7.64. The molecule has 0 spiro atoms. The van der Waals surface area contributed by atoms with Gasteiger partial charge in [0.1, 0.15) is 0 Å². The van der Waals surface area contributed by atoms with Crippen LogP contribution in [0.25, 0.3) is 0 Å². The molecule has 1 unspecified atom stereocenters. The fraction of sp³-hybridized carbons (Fsp3) is 0.667. The lowest BCUT2D eigenvalue weighted by atomic mass is 9.96. The third-order valence-electron chi connectivity index (χ3n) is 3.26. The maximum Gasteiger partial charge on any atom is 0.0934 e. The van der Waals surface area contributed by atoms with Gasteiger partial charge in [0.05, 0.1) is 18.1 Å². The summed E-state index contributed by atoms with van der Waals surface area (Å²) < 4.78 is 4.95. The molecule has 0 aliphatic rings. The minimum absolute atomic E-state index is 0.659.